The highest BCUT2D eigenvalue weighted by Gasteiger charge is 2.30. The summed E-state index contributed by atoms with van der Waals surface area (Å²) in [5.74, 6) is -0.0929. The number of hydrogen-bond acceptors (Lipinski definition) is 3. The summed E-state index contributed by atoms with van der Waals surface area (Å²) in [7, 11) is 0. The highest BCUT2D eigenvalue weighted by Crippen LogP contribution is 2.29. The van der Waals surface area contributed by atoms with Gasteiger partial charge in [0.05, 0.1) is 12.1 Å². The maximum absolute atomic E-state index is 12.8. The van der Waals surface area contributed by atoms with Crippen LogP contribution < -0.4 is 0 Å². The number of hydrogen-bond donors (Lipinski definition) is 0. The van der Waals surface area contributed by atoms with Crippen molar-refractivity contribution in [3.8, 4) is 0 Å². The van der Waals surface area contributed by atoms with Crippen molar-refractivity contribution in [3.05, 3.63) is 41.5 Å². The van der Waals surface area contributed by atoms with Gasteiger partial charge in [-0.15, -0.1) is 0 Å². The third kappa shape index (κ3) is 5.34. The Balaban J connectivity index is 1.48. The zero-order chi connectivity index (χ0) is 20.1. The third-order valence-corrected chi connectivity index (χ3v) is 5.13. The van der Waals surface area contributed by atoms with Crippen molar-refractivity contribution in [1.82, 2.24) is 14.7 Å². The van der Waals surface area contributed by atoms with E-state index in [9.17, 15) is 22.8 Å². The molecule has 3 rings (SSSR count). The normalized spacial score (nSPS) is 18.8. The number of piperazine rings is 1. The van der Waals surface area contributed by atoms with Crippen molar-refractivity contribution >= 4 is 17.9 Å². The number of carbonyl (C=O) groups excluding carboxylic acids is 2. The Morgan fingerprint density at radius 3 is 2.29 bits per heavy atom. The van der Waals surface area contributed by atoms with Crippen LogP contribution in [-0.4, -0.2) is 72.3 Å². The summed E-state index contributed by atoms with van der Waals surface area (Å²) >= 11 is 0. The second-order valence-electron chi connectivity index (χ2n) is 7.15. The van der Waals surface area contributed by atoms with Gasteiger partial charge in [0.15, 0.2) is 0 Å². The summed E-state index contributed by atoms with van der Waals surface area (Å²) in [6.45, 7) is 4.26. The number of nitrogens with zero attached hydrogens (tertiary/aromatic N) is 3. The molecule has 2 saturated heterocycles. The molecule has 1 aromatic rings. The fourth-order valence-electron chi connectivity index (χ4n) is 3.48. The molecule has 28 heavy (non-hydrogen) atoms. The van der Waals surface area contributed by atoms with Crippen LogP contribution in [0.5, 0.6) is 0 Å². The molecular weight excluding hydrogens is 371 g/mol. The molecule has 2 amide bonds. The van der Waals surface area contributed by atoms with Crippen LogP contribution in [0.2, 0.25) is 0 Å². The van der Waals surface area contributed by atoms with Gasteiger partial charge in [-0.2, -0.15) is 13.2 Å². The van der Waals surface area contributed by atoms with Crippen molar-refractivity contribution in [2.45, 2.75) is 19.0 Å². The first-order valence-corrected chi connectivity index (χ1v) is 9.47. The molecule has 2 fully saturated rings. The molecule has 2 aliphatic rings. The number of rotatable bonds is 4. The van der Waals surface area contributed by atoms with E-state index in [0.717, 1.165) is 38.1 Å². The lowest BCUT2D eigenvalue weighted by Gasteiger charge is -2.34. The van der Waals surface area contributed by atoms with Gasteiger partial charge in [0.25, 0.3) is 0 Å². The van der Waals surface area contributed by atoms with Crippen LogP contribution in [-0.2, 0) is 15.8 Å². The van der Waals surface area contributed by atoms with Gasteiger partial charge in [-0.1, -0.05) is 12.1 Å². The maximum Gasteiger partial charge on any atom is 0.416 e. The lowest BCUT2D eigenvalue weighted by Crippen LogP contribution is -2.51. The van der Waals surface area contributed by atoms with E-state index < -0.39 is 11.7 Å². The van der Waals surface area contributed by atoms with E-state index in [0.29, 0.717) is 38.3 Å². The van der Waals surface area contributed by atoms with Gasteiger partial charge < -0.3 is 9.80 Å². The van der Waals surface area contributed by atoms with Crippen LogP contribution in [0.4, 0.5) is 13.2 Å². The Morgan fingerprint density at radius 1 is 0.964 bits per heavy atom. The molecule has 0 aromatic heterocycles. The van der Waals surface area contributed by atoms with Crippen molar-refractivity contribution in [1.29, 1.82) is 0 Å². The lowest BCUT2D eigenvalue weighted by atomic mass is 10.1. The highest BCUT2D eigenvalue weighted by atomic mass is 19.4. The van der Waals surface area contributed by atoms with E-state index in [2.05, 4.69) is 0 Å². The predicted octanol–water partition coefficient (Wildman–Crippen LogP) is 2.49. The number of benzene rings is 1. The molecule has 0 radical (unpaired) electrons. The molecule has 1 aromatic carbocycles. The van der Waals surface area contributed by atoms with Gasteiger partial charge in [-0.25, -0.2) is 0 Å². The Kier molecular flexibility index (Phi) is 6.39. The minimum atomic E-state index is -4.41. The third-order valence-electron chi connectivity index (χ3n) is 5.13. The first-order chi connectivity index (χ1) is 13.3. The minimum absolute atomic E-state index is 0.140. The number of amides is 2. The van der Waals surface area contributed by atoms with Gasteiger partial charge >= 0.3 is 6.18 Å². The zero-order valence-electron chi connectivity index (χ0n) is 15.6. The quantitative estimate of drug-likeness (QED) is 0.736. The van der Waals surface area contributed by atoms with Crippen LogP contribution in [0.3, 0.4) is 0 Å². The van der Waals surface area contributed by atoms with E-state index in [1.54, 1.807) is 4.90 Å². The fourth-order valence-corrected chi connectivity index (χ4v) is 3.48. The van der Waals surface area contributed by atoms with Gasteiger partial charge in [0.1, 0.15) is 0 Å². The van der Waals surface area contributed by atoms with Crippen molar-refractivity contribution in [2.24, 2.45) is 0 Å². The molecule has 0 bridgehead atoms. The summed E-state index contributed by atoms with van der Waals surface area (Å²) < 4.78 is 38.3. The predicted molar refractivity (Wildman–Crippen MR) is 99.3 cm³/mol. The molecule has 8 heteroatoms. The smallest absolute Gasteiger partial charge is 0.342 e. The molecule has 5 nitrogen and oxygen atoms in total. The van der Waals surface area contributed by atoms with Gasteiger partial charge in [-0.05, 0) is 36.6 Å². The van der Waals surface area contributed by atoms with Crippen molar-refractivity contribution < 1.29 is 22.8 Å². The molecular formula is C20H24F3N3O2. The van der Waals surface area contributed by atoms with Gasteiger partial charge in [0, 0.05) is 45.3 Å². The van der Waals surface area contributed by atoms with E-state index in [4.69, 9.17) is 0 Å². The summed E-state index contributed by atoms with van der Waals surface area (Å²) in [5, 5.41) is 0. The zero-order valence-corrected chi connectivity index (χ0v) is 15.6. The summed E-state index contributed by atoms with van der Waals surface area (Å²) in [5.41, 5.74) is -0.406. The molecule has 2 aliphatic heterocycles. The van der Waals surface area contributed by atoms with Crippen molar-refractivity contribution in [2.75, 3.05) is 45.8 Å². The van der Waals surface area contributed by atoms with E-state index in [1.165, 1.54) is 24.3 Å². The standard InChI is InChI=1S/C20H24F3N3O2/c21-20(22,23)17-5-3-4-16(14-17)6-7-18(27)26-12-10-24(11-13-26)15-19(28)25-8-1-2-9-25/h3-7,14H,1-2,8-13,15H2/b7-6+. The fraction of sp³-hybridized carbons (Fsp3) is 0.500. The largest absolute Gasteiger partial charge is 0.416 e. The minimum Gasteiger partial charge on any atom is -0.342 e. The summed E-state index contributed by atoms with van der Waals surface area (Å²) in [4.78, 5) is 30.1. The molecule has 0 aliphatic carbocycles. The number of likely N-dealkylation sites (tertiary alicyclic amines) is 1. The van der Waals surface area contributed by atoms with Crippen LogP contribution in [0.15, 0.2) is 30.3 Å². The van der Waals surface area contributed by atoms with Crippen LogP contribution >= 0.6 is 0 Å². The summed E-state index contributed by atoms with van der Waals surface area (Å²) in [6.07, 6.45) is 0.427. The second-order valence-corrected chi connectivity index (χ2v) is 7.15. The SMILES string of the molecule is O=C(/C=C/c1cccc(C(F)(F)F)c1)N1CCN(CC(=O)N2CCCC2)CC1. The molecule has 2 heterocycles. The maximum atomic E-state index is 12.8. The van der Waals surface area contributed by atoms with Gasteiger partial charge in [-0.3, -0.25) is 14.5 Å². The molecule has 0 spiro atoms. The van der Waals surface area contributed by atoms with E-state index >= 15 is 0 Å². The first-order valence-electron chi connectivity index (χ1n) is 9.47. The monoisotopic (exact) mass is 395 g/mol. The van der Waals surface area contributed by atoms with Crippen LogP contribution in [0, 0.1) is 0 Å². The average molecular weight is 395 g/mol. The van der Waals surface area contributed by atoms with Crippen LogP contribution in [0.25, 0.3) is 6.08 Å². The lowest BCUT2D eigenvalue weighted by molar-refractivity contribution is -0.137. The number of carbonyl (C=O) groups is 2. The van der Waals surface area contributed by atoms with Crippen molar-refractivity contribution in [3.63, 3.8) is 0 Å². The second kappa shape index (κ2) is 8.77. The van der Waals surface area contributed by atoms with E-state index in [-0.39, 0.29) is 11.8 Å². The molecule has 0 atom stereocenters. The van der Waals surface area contributed by atoms with Crippen LogP contribution in [0.1, 0.15) is 24.0 Å². The average Bonchev–Trinajstić information content (AvgIpc) is 3.21. The molecule has 0 saturated carbocycles. The first kappa shape index (κ1) is 20.4. The Labute approximate surface area is 162 Å². The topological polar surface area (TPSA) is 43.9 Å². The van der Waals surface area contributed by atoms with E-state index in [1.807, 2.05) is 9.80 Å². The summed E-state index contributed by atoms with van der Waals surface area (Å²) in [6, 6.07) is 4.87. The van der Waals surface area contributed by atoms with Gasteiger partial charge in [0.2, 0.25) is 11.8 Å². The molecule has 0 unspecified atom stereocenters. The highest BCUT2D eigenvalue weighted by molar-refractivity contribution is 5.91. The molecule has 152 valence electrons. The Morgan fingerprint density at radius 2 is 1.64 bits per heavy atom. The molecule has 0 N–H and O–H groups in total. The Hall–Kier alpha value is -2.35. The number of halogens is 3. The Bertz CT molecular complexity index is 734. The number of alkyl halides is 3.